The zero-order valence-electron chi connectivity index (χ0n) is 9.22. The summed E-state index contributed by atoms with van der Waals surface area (Å²) in [5, 5.41) is 6.52. The van der Waals surface area contributed by atoms with E-state index < -0.39 is 0 Å². The lowest BCUT2D eigenvalue weighted by Gasteiger charge is -2.12. The van der Waals surface area contributed by atoms with Gasteiger partial charge >= 0.3 is 0 Å². The van der Waals surface area contributed by atoms with Gasteiger partial charge in [0.2, 0.25) is 0 Å². The summed E-state index contributed by atoms with van der Waals surface area (Å²) in [4.78, 5) is 11.9. The van der Waals surface area contributed by atoms with Crippen LogP contribution in [0.25, 0.3) is 0 Å². The first-order valence-electron chi connectivity index (χ1n) is 5.62. The van der Waals surface area contributed by atoms with Gasteiger partial charge in [0.05, 0.1) is 17.8 Å². The van der Waals surface area contributed by atoms with Gasteiger partial charge in [-0.05, 0) is 24.0 Å². The van der Waals surface area contributed by atoms with Crippen LogP contribution in [0.4, 0.5) is 0 Å². The van der Waals surface area contributed by atoms with Gasteiger partial charge < -0.3 is 9.84 Å². The lowest BCUT2D eigenvalue weighted by Crippen LogP contribution is -2.26. The summed E-state index contributed by atoms with van der Waals surface area (Å²) in [5.41, 5.74) is 3.01. The van der Waals surface area contributed by atoms with Crippen LogP contribution in [0.1, 0.15) is 33.9 Å². The number of benzene rings is 1. The van der Waals surface area contributed by atoms with E-state index in [0.29, 0.717) is 5.56 Å². The highest BCUT2D eigenvalue weighted by Gasteiger charge is 2.24. The molecule has 1 amide bonds. The average molecular weight is 228 g/mol. The topological polar surface area (TPSA) is 55.1 Å². The van der Waals surface area contributed by atoms with Crippen molar-refractivity contribution in [3.05, 3.63) is 53.4 Å². The second-order valence-corrected chi connectivity index (χ2v) is 4.18. The van der Waals surface area contributed by atoms with E-state index in [1.807, 2.05) is 12.1 Å². The molecule has 4 heteroatoms. The number of fused-ring (bicyclic) bond motifs is 1. The number of carbonyl (C=O) groups excluding carboxylic acids is 1. The predicted molar refractivity (Wildman–Crippen MR) is 61.5 cm³/mol. The number of hydrogen-bond donors (Lipinski definition) is 1. The molecule has 0 aliphatic heterocycles. The Bertz CT molecular complexity index is 534. The first-order valence-corrected chi connectivity index (χ1v) is 5.62. The Hall–Kier alpha value is -2.10. The zero-order valence-corrected chi connectivity index (χ0v) is 9.22. The van der Waals surface area contributed by atoms with Crippen molar-refractivity contribution in [2.75, 3.05) is 0 Å². The van der Waals surface area contributed by atoms with Crippen LogP contribution in [-0.2, 0) is 6.42 Å². The van der Waals surface area contributed by atoms with Crippen molar-refractivity contribution < 1.29 is 9.32 Å². The molecule has 1 unspecified atom stereocenters. The summed E-state index contributed by atoms with van der Waals surface area (Å²) in [5.74, 6) is -0.132. The molecule has 0 saturated heterocycles. The zero-order chi connectivity index (χ0) is 11.7. The highest BCUT2D eigenvalue weighted by Crippen LogP contribution is 2.30. The maximum absolute atomic E-state index is 11.9. The van der Waals surface area contributed by atoms with Crippen LogP contribution in [-0.4, -0.2) is 11.1 Å². The SMILES string of the molecule is O=C(NC1CCc2ccccc21)c1cnoc1. The van der Waals surface area contributed by atoms with Crippen molar-refractivity contribution in [2.24, 2.45) is 0 Å². The fourth-order valence-corrected chi connectivity index (χ4v) is 2.27. The van der Waals surface area contributed by atoms with Crippen molar-refractivity contribution in [1.29, 1.82) is 0 Å². The Labute approximate surface area is 98.6 Å². The third kappa shape index (κ3) is 1.82. The molecule has 0 radical (unpaired) electrons. The summed E-state index contributed by atoms with van der Waals surface area (Å²) in [6, 6.07) is 8.32. The van der Waals surface area contributed by atoms with Crippen molar-refractivity contribution in [3.63, 3.8) is 0 Å². The van der Waals surface area contributed by atoms with Crippen molar-refractivity contribution in [3.8, 4) is 0 Å². The molecule has 1 heterocycles. The van der Waals surface area contributed by atoms with E-state index in [9.17, 15) is 4.79 Å². The van der Waals surface area contributed by atoms with Gasteiger partial charge in [-0.15, -0.1) is 0 Å². The molecule has 1 N–H and O–H groups in total. The molecule has 86 valence electrons. The van der Waals surface area contributed by atoms with Crippen LogP contribution in [0.3, 0.4) is 0 Å². The quantitative estimate of drug-likeness (QED) is 0.856. The second-order valence-electron chi connectivity index (χ2n) is 4.18. The number of aromatic nitrogens is 1. The number of hydrogen-bond acceptors (Lipinski definition) is 3. The number of aryl methyl sites for hydroxylation is 1. The standard InChI is InChI=1S/C13H12N2O2/c16-13(10-7-14-17-8-10)15-12-6-5-9-3-1-2-4-11(9)12/h1-4,7-8,12H,5-6H2,(H,15,16). The van der Waals surface area contributed by atoms with E-state index >= 15 is 0 Å². The Kier molecular flexibility index (Phi) is 2.40. The van der Waals surface area contributed by atoms with Gasteiger partial charge in [0.1, 0.15) is 6.26 Å². The smallest absolute Gasteiger partial charge is 0.256 e. The van der Waals surface area contributed by atoms with Crippen LogP contribution in [0.5, 0.6) is 0 Å². The van der Waals surface area contributed by atoms with Crippen molar-refractivity contribution in [1.82, 2.24) is 10.5 Å². The van der Waals surface area contributed by atoms with Gasteiger partial charge in [-0.1, -0.05) is 29.4 Å². The molecule has 0 spiro atoms. The van der Waals surface area contributed by atoms with Crippen molar-refractivity contribution in [2.45, 2.75) is 18.9 Å². The number of rotatable bonds is 2. The fourth-order valence-electron chi connectivity index (χ4n) is 2.27. The van der Waals surface area contributed by atoms with Crippen LogP contribution in [0, 0.1) is 0 Å². The third-order valence-corrected chi connectivity index (χ3v) is 3.13. The van der Waals surface area contributed by atoms with E-state index in [-0.39, 0.29) is 11.9 Å². The minimum Gasteiger partial charge on any atom is -0.364 e. The fraction of sp³-hybridized carbons (Fsp3) is 0.231. The Balaban J connectivity index is 1.78. The summed E-state index contributed by atoms with van der Waals surface area (Å²) in [7, 11) is 0. The molecule has 0 bridgehead atoms. The highest BCUT2D eigenvalue weighted by atomic mass is 16.5. The van der Waals surface area contributed by atoms with Crippen LogP contribution in [0.2, 0.25) is 0 Å². The normalized spacial score (nSPS) is 17.8. The van der Waals surface area contributed by atoms with Gasteiger partial charge in [0.15, 0.2) is 0 Å². The summed E-state index contributed by atoms with van der Waals surface area (Å²) >= 11 is 0. The van der Waals surface area contributed by atoms with Crippen molar-refractivity contribution >= 4 is 5.91 Å². The molecule has 1 aromatic carbocycles. The number of nitrogens with one attached hydrogen (secondary N) is 1. The van der Waals surface area contributed by atoms with E-state index in [2.05, 4.69) is 27.1 Å². The summed E-state index contributed by atoms with van der Waals surface area (Å²) in [6.45, 7) is 0. The molecule has 1 aromatic heterocycles. The van der Waals surface area contributed by atoms with Gasteiger partial charge in [-0.3, -0.25) is 4.79 Å². The average Bonchev–Trinajstić information content (AvgIpc) is 2.98. The molecule has 1 aliphatic carbocycles. The third-order valence-electron chi connectivity index (χ3n) is 3.13. The Morgan fingerprint density at radius 1 is 1.41 bits per heavy atom. The molecule has 0 fully saturated rings. The van der Waals surface area contributed by atoms with Gasteiger partial charge in [-0.25, -0.2) is 0 Å². The summed E-state index contributed by atoms with van der Waals surface area (Å²) in [6.07, 6.45) is 4.76. The molecule has 1 aliphatic rings. The van der Waals surface area contributed by atoms with E-state index in [1.165, 1.54) is 23.6 Å². The molecular formula is C13H12N2O2. The molecule has 4 nitrogen and oxygen atoms in total. The largest absolute Gasteiger partial charge is 0.364 e. The van der Waals surface area contributed by atoms with Gasteiger partial charge in [0, 0.05) is 0 Å². The number of carbonyl (C=O) groups is 1. The minimum absolute atomic E-state index is 0.105. The molecule has 17 heavy (non-hydrogen) atoms. The number of amides is 1. The van der Waals surface area contributed by atoms with Crippen LogP contribution < -0.4 is 5.32 Å². The maximum atomic E-state index is 11.9. The lowest BCUT2D eigenvalue weighted by atomic mass is 10.1. The predicted octanol–water partition coefficient (Wildman–Crippen LogP) is 2.09. The lowest BCUT2D eigenvalue weighted by molar-refractivity contribution is 0.0936. The van der Waals surface area contributed by atoms with E-state index in [4.69, 9.17) is 0 Å². The summed E-state index contributed by atoms with van der Waals surface area (Å²) < 4.78 is 4.66. The molecule has 0 saturated carbocycles. The van der Waals surface area contributed by atoms with Gasteiger partial charge in [-0.2, -0.15) is 0 Å². The molecule has 3 rings (SSSR count). The molecular weight excluding hydrogens is 216 g/mol. The van der Waals surface area contributed by atoms with Crippen LogP contribution >= 0.6 is 0 Å². The Morgan fingerprint density at radius 2 is 2.29 bits per heavy atom. The first kappa shape index (κ1) is 10.1. The highest BCUT2D eigenvalue weighted by molar-refractivity contribution is 5.93. The van der Waals surface area contributed by atoms with Crippen LogP contribution in [0.15, 0.2) is 41.2 Å². The molecule has 1 atom stereocenters. The second kappa shape index (κ2) is 4.05. The van der Waals surface area contributed by atoms with Gasteiger partial charge in [0.25, 0.3) is 5.91 Å². The minimum atomic E-state index is -0.132. The monoisotopic (exact) mass is 228 g/mol. The Morgan fingerprint density at radius 3 is 3.12 bits per heavy atom. The van der Waals surface area contributed by atoms with E-state index in [1.54, 1.807) is 0 Å². The molecule has 2 aromatic rings. The van der Waals surface area contributed by atoms with E-state index in [0.717, 1.165) is 12.8 Å². The first-order chi connectivity index (χ1) is 8.34. The maximum Gasteiger partial charge on any atom is 0.256 e. The number of nitrogens with zero attached hydrogens (tertiary/aromatic N) is 1.